The van der Waals surface area contributed by atoms with Crippen molar-refractivity contribution >= 4 is 34.8 Å². The zero-order chi connectivity index (χ0) is 34.2. The summed E-state index contributed by atoms with van der Waals surface area (Å²) < 4.78 is 30.5. The molecule has 6 heterocycles. The Kier molecular flexibility index (Phi) is 8.57. The SMILES string of the molecule is O=C1CCC(Nc2ccccc2CN2CCN(c3cccc(-c4cnn5ccc(N6CCC[C@@H]6c6cc(F)ccc6F)nc45)n3)CC2)C(=O)N1. The molecule has 50 heavy (non-hydrogen) atoms. The van der Waals surface area contributed by atoms with Gasteiger partial charge < -0.3 is 15.1 Å². The average molecular weight is 678 g/mol. The third-order valence-electron chi connectivity index (χ3n) is 9.91. The van der Waals surface area contributed by atoms with Crippen LogP contribution < -0.4 is 20.4 Å². The van der Waals surface area contributed by atoms with Gasteiger partial charge in [-0.15, -0.1) is 0 Å². The molecule has 11 nitrogen and oxygen atoms in total. The molecule has 256 valence electrons. The number of piperazine rings is 1. The number of aromatic nitrogens is 4. The van der Waals surface area contributed by atoms with E-state index >= 15 is 0 Å². The van der Waals surface area contributed by atoms with Crippen molar-refractivity contribution < 1.29 is 18.4 Å². The topological polar surface area (TPSA) is 111 Å². The van der Waals surface area contributed by atoms with Crippen molar-refractivity contribution in [2.75, 3.05) is 47.8 Å². The van der Waals surface area contributed by atoms with Crippen molar-refractivity contribution in [2.45, 2.75) is 44.3 Å². The van der Waals surface area contributed by atoms with E-state index in [2.05, 4.69) is 31.6 Å². The van der Waals surface area contributed by atoms with E-state index in [4.69, 9.17) is 9.97 Å². The van der Waals surface area contributed by atoms with Gasteiger partial charge in [-0.2, -0.15) is 5.10 Å². The minimum Gasteiger partial charge on any atom is -0.373 e. The van der Waals surface area contributed by atoms with Gasteiger partial charge in [-0.05, 0) is 67.3 Å². The maximum Gasteiger partial charge on any atom is 0.249 e. The van der Waals surface area contributed by atoms with E-state index in [-0.39, 0.29) is 17.9 Å². The molecule has 5 aromatic rings. The fourth-order valence-electron chi connectivity index (χ4n) is 7.28. The van der Waals surface area contributed by atoms with Gasteiger partial charge >= 0.3 is 0 Å². The summed E-state index contributed by atoms with van der Waals surface area (Å²) in [7, 11) is 0. The Bertz CT molecular complexity index is 2060. The van der Waals surface area contributed by atoms with E-state index in [0.717, 1.165) is 73.5 Å². The van der Waals surface area contributed by atoms with Crippen LogP contribution in [0.5, 0.6) is 0 Å². The van der Waals surface area contributed by atoms with Crippen molar-refractivity contribution in [3.8, 4) is 11.3 Å². The number of carbonyl (C=O) groups is 2. The summed E-state index contributed by atoms with van der Waals surface area (Å²) in [6, 6.07) is 18.7. The molecule has 3 aromatic heterocycles. The molecule has 0 bridgehead atoms. The smallest absolute Gasteiger partial charge is 0.249 e. The number of halogens is 2. The zero-order valence-corrected chi connectivity index (χ0v) is 27.4. The number of rotatable bonds is 8. The van der Waals surface area contributed by atoms with Crippen LogP contribution in [0.3, 0.4) is 0 Å². The second kappa shape index (κ2) is 13.5. The highest BCUT2D eigenvalue weighted by Crippen LogP contribution is 2.37. The standard InChI is InChI=1S/C37H37F2N9O2/c38-25-10-11-28(39)26(21-25)32-8-4-15-47(32)34-14-16-48-36(43-34)27(22-40-48)30-7-3-9-33(42-30)46-19-17-45(18-20-46)23-24-5-1-2-6-29(24)41-31-12-13-35(49)44-37(31)50/h1-3,5-7,9-11,14,16,21-22,31-32,41H,4,8,12-13,15,17-20,23H2,(H,44,49,50)/t31?,32-/m1/s1. The number of hydrogen-bond acceptors (Lipinski definition) is 9. The molecule has 3 aliphatic heterocycles. The van der Waals surface area contributed by atoms with Gasteiger partial charge in [0.1, 0.15) is 29.3 Å². The molecule has 8 rings (SSSR count). The lowest BCUT2D eigenvalue weighted by Crippen LogP contribution is -2.48. The number of nitrogens with zero attached hydrogens (tertiary/aromatic N) is 7. The van der Waals surface area contributed by atoms with Crippen LogP contribution in [0.1, 0.15) is 42.9 Å². The first-order chi connectivity index (χ1) is 24.4. The first-order valence-electron chi connectivity index (χ1n) is 17.1. The Morgan fingerprint density at radius 1 is 0.880 bits per heavy atom. The minimum atomic E-state index is -0.452. The van der Waals surface area contributed by atoms with E-state index in [1.54, 1.807) is 10.7 Å². The molecule has 2 N–H and O–H groups in total. The van der Waals surface area contributed by atoms with Gasteiger partial charge in [-0.1, -0.05) is 24.3 Å². The van der Waals surface area contributed by atoms with Crippen molar-refractivity contribution in [2.24, 2.45) is 0 Å². The number of amides is 2. The Balaban J connectivity index is 0.958. The lowest BCUT2D eigenvalue weighted by molar-refractivity contribution is -0.133. The lowest BCUT2D eigenvalue weighted by atomic mass is 10.0. The molecule has 0 radical (unpaired) electrons. The third kappa shape index (κ3) is 6.36. The number of anilines is 3. The van der Waals surface area contributed by atoms with Gasteiger partial charge in [0.05, 0.1) is 23.5 Å². The van der Waals surface area contributed by atoms with E-state index in [1.165, 1.54) is 12.1 Å². The van der Waals surface area contributed by atoms with Crippen LogP contribution in [0.4, 0.5) is 26.1 Å². The maximum absolute atomic E-state index is 14.8. The van der Waals surface area contributed by atoms with Gasteiger partial charge in [-0.25, -0.2) is 23.3 Å². The number of imide groups is 1. The predicted molar refractivity (Wildman–Crippen MR) is 186 cm³/mol. The first kappa shape index (κ1) is 31.8. The van der Waals surface area contributed by atoms with Gasteiger partial charge in [0, 0.05) is 63.1 Å². The summed E-state index contributed by atoms with van der Waals surface area (Å²) in [4.78, 5) is 40.7. The van der Waals surface area contributed by atoms with E-state index in [0.29, 0.717) is 42.8 Å². The average Bonchev–Trinajstić information content (AvgIpc) is 3.79. The van der Waals surface area contributed by atoms with Crippen LogP contribution in [0, 0.1) is 11.6 Å². The number of carbonyl (C=O) groups excluding carboxylic acids is 2. The molecule has 3 aliphatic rings. The lowest BCUT2D eigenvalue weighted by Gasteiger charge is -2.36. The van der Waals surface area contributed by atoms with Gasteiger partial charge in [0.15, 0.2) is 5.65 Å². The van der Waals surface area contributed by atoms with Gasteiger partial charge in [0.2, 0.25) is 11.8 Å². The molecule has 1 unspecified atom stereocenters. The minimum absolute atomic E-state index is 0.225. The van der Waals surface area contributed by atoms with E-state index in [9.17, 15) is 18.4 Å². The van der Waals surface area contributed by atoms with Crippen LogP contribution in [-0.2, 0) is 16.1 Å². The molecule has 0 aliphatic carbocycles. The van der Waals surface area contributed by atoms with Crippen molar-refractivity contribution in [3.05, 3.63) is 102 Å². The number of fused-ring (bicyclic) bond motifs is 1. The van der Waals surface area contributed by atoms with Crippen LogP contribution in [0.2, 0.25) is 0 Å². The molecule has 2 atom stereocenters. The Morgan fingerprint density at radius 3 is 2.60 bits per heavy atom. The second-order valence-electron chi connectivity index (χ2n) is 13.1. The summed E-state index contributed by atoms with van der Waals surface area (Å²) >= 11 is 0. The summed E-state index contributed by atoms with van der Waals surface area (Å²) in [6.45, 7) is 4.69. The van der Waals surface area contributed by atoms with E-state index < -0.39 is 17.7 Å². The second-order valence-corrected chi connectivity index (χ2v) is 13.1. The predicted octanol–water partition coefficient (Wildman–Crippen LogP) is 4.95. The Hall–Kier alpha value is -5.43. The summed E-state index contributed by atoms with van der Waals surface area (Å²) in [5.74, 6) is 0.189. The Morgan fingerprint density at radius 2 is 1.74 bits per heavy atom. The van der Waals surface area contributed by atoms with Crippen molar-refractivity contribution in [3.63, 3.8) is 0 Å². The fourth-order valence-corrected chi connectivity index (χ4v) is 7.28. The highest BCUT2D eigenvalue weighted by atomic mass is 19.1. The molecule has 13 heteroatoms. The monoisotopic (exact) mass is 677 g/mol. The first-order valence-corrected chi connectivity index (χ1v) is 17.1. The number of benzene rings is 2. The van der Waals surface area contributed by atoms with Gasteiger partial charge in [0.25, 0.3) is 0 Å². The molecule has 0 saturated carbocycles. The van der Waals surface area contributed by atoms with Crippen LogP contribution in [0.25, 0.3) is 16.9 Å². The summed E-state index contributed by atoms with van der Waals surface area (Å²) in [5.41, 5.74) is 4.55. The largest absolute Gasteiger partial charge is 0.373 e. The fraction of sp³-hybridized carbons (Fsp3) is 0.324. The molecular weight excluding hydrogens is 640 g/mol. The molecule has 0 spiro atoms. The quantitative estimate of drug-likeness (QED) is 0.221. The number of piperidine rings is 1. The van der Waals surface area contributed by atoms with Crippen molar-refractivity contribution in [1.29, 1.82) is 0 Å². The van der Waals surface area contributed by atoms with Crippen molar-refractivity contribution in [1.82, 2.24) is 29.8 Å². The normalized spacial score (nSPS) is 20.0. The molecule has 3 saturated heterocycles. The van der Waals surface area contributed by atoms with Gasteiger partial charge in [-0.3, -0.25) is 19.8 Å². The number of hydrogen-bond donors (Lipinski definition) is 2. The number of nitrogens with one attached hydrogen (secondary N) is 2. The van der Waals surface area contributed by atoms with Crippen LogP contribution in [0.15, 0.2) is 79.1 Å². The number of pyridine rings is 1. The third-order valence-corrected chi connectivity index (χ3v) is 9.91. The number of para-hydroxylation sites is 1. The highest BCUT2D eigenvalue weighted by Gasteiger charge is 2.31. The van der Waals surface area contributed by atoms with Crippen LogP contribution in [-0.4, -0.2) is 75.1 Å². The maximum atomic E-state index is 14.8. The van der Waals surface area contributed by atoms with Crippen LogP contribution >= 0.6 is 0 Å². The summed E-state index contributed by atoms with van der Waals surface area (Å²) in [6.07, 6.45) is 5.98. The molecular formula is C37H37F2N9O2. The zero-order valence-electron chi connectivity index (χ0n) is 27.4. The molecule has 3 fully saturated rings. The molecule has 2 aromatic carbocycles. The Labute approximate surface area is 287 Å². The highest BCUT2D eigenvalue weighted by molar-refractivity contribution is 6.01. The van der Waals surface area contributed by atoms with E-state index in [1.807, 2.05) is 53.6 Å². The molecule has 2 amide bonds. The summed E-state index contributed by atoms with van der Waals surface area (Å²) in [5, 5.41) is 10.3.